The van der Waals surface area contributed by atoms with Crippen LogP contribution in [0.3, 0.4) is 0 Å². The molecular formula is C57H98O5. The van der Waals surface area contributed by atoms with Crippen molar-refractivity contribution in [2.45, 2.75) is 245 Å². The molecule has 5 heteroatoms. The highest BCUT2D eigenvalue weighted by Gasteiger charge is 2.16. The maximum absolute atomic E-state index is 12.6. The lowest BCUT2D eigenvalue weighted by molar-refractivity contribution is -0.155. The molecule has 0 unspecified atom stereocenters. The fourth-order valence-corrected chi connectivity index (χ4v) is 7.01. The summed E-state index contributed by atoms with van der Waals surface area (Å²) in [7, 11) is 0. The van der Waals surface area contributed by atoms with E-state index in [2.05, 4.69) is 106 Å². The van der Waals surface area contributed by atoms with Crippen molar-refractivity contribution in [3.63, 3.8) is 0 Å². The molecular weight excluding hydrogens is 765 g/mol. The summed E-state index contributed by atoms with van der Waals surface area (Å²) in [4.78, 5) is 25.2. The highest BCUT2D eigenvalue weighted by molar-refractivity contribution is 5.69. The van der Waals surface area contributed by atoms with Crippen molar-refractivity contribution in [3.05, 3.63) is 85.1 Å². The molecule has 0 N–H and O–H groups in total. The Labute approximate surface area is 384 Å². The lowest BCUT2D eigenvalue weighted by Crippen LogP contribution is -2.29. The van der Waals surface area contributed by atoms with Crippen molar-refractivity contribution >= 4 is 11.9 Å². The maximum Gasteiger partial charge on any atom is 0.305 e. The number of unbranched alkanes of at least 4 members (excludes halogenated alkanes) is 22. The number of esters is 2. The Morgan fingerprint density at radius 2 is 0.661 bits per heavy atom. The monoisotopic (exact) mass is 863 g/mol. The van der Waals surface area contributed by atoms with E-state index in [0.717, 1.165) is 89.9 Å². The zero-order valence-electron chi connectivity index (χ0n) is 40.9. The SMILES string of the molecule is CC/C=C\C/C=C\C/C=C\C/C=C\CCCCC(=O)OC[C@H](COC(=O)CCCC/C=C\C/C=C\C/C=C\CCCCC)OCCCCCCCCCCCCCCCCCC. The van der Waals surface area contributed by atoms with Gasteiger partial charge in [-0.2, -0.15) is 0 Å². The molecule has 1 atom stereocenters. The minimum Gasteiger partial charge on any atom is -0.463 e. The van der Waals surface area contributed by atoms with Gasteiger partial charge in [-0.25, -0.2) is 0 Å². The van der Waals surface area contributed by atoms with Gasteiger partial charge in [-0.1, -0.05) is 215 Å². The molecule has 0 aliphatic heterocycles. The van der Waals surface area contributed by atoms with Crippen LogP contribution in [0.4, 0.5) is 0 Å². The van der Waals surface area contributed by atoms with Crippen LogP contribution in [0.5, 0.6) is 0 Å². The largest absolute Gasteiger partial charge is 0.463 e. The molecule has 0 fully saturated rings. The van der Waals surface area contributed by atoms with Crippen LogP contribution in [0.25, 0.3) is 0 Å². The minimum absolute atomic E-state index is 0.121. The lowest BCUT2D eigenvalue weighted by atomic mass is 10.0. The van der Waals surface area contributed by atoms with Gasteiger partial charge in [0.05, 0.1) is 0 Å². The first-order chi connectivity index (χ1) is 30.6. The predicted molar refractivity (Wildman–Crippen MR) is 270 cm³/mol. The molecule has 0 rings (SSSR count). The Kier molecular flexibility index (Phi) is 50.0. The summed E-state index contributed by atoms with van der Waals surface area (Å²) in [5, 5.41) is 0. The van der Waals surface area contributed by atoms with Gasteiger partial charge in [-0.3, -0.25) is 9.59 Å². The van der Waals surface area contributed by atoms with Crippen LogP contribution in [0.2, 0.25) is 0 Å². The summed E-state index contributed by atoms with van der Waals surface area (Å²) >= 11 is 0. The van der Waals surface area contributed by atoms with E-state index in [0.29, 0.717) is 19.4 Å². The highest BCUT2D eigenvalue weighted by Crippen LogP contribution is 2.14. The number of carbonyl (C=O) groups excluding carboxylic acids is 2. The van der Waals surface area contributed by atoms with Crippen molar-refractivity contribution in [2.24, 2.45) is 0 Å². The first-order valence-electron chi connectivity index (χ1n) is 26.1. The normalized spacial score (nSPS) is 12.9. The highest BCUT2D eigenvalue weighted by atomic mass is 16.6. The predicted octanol–water partition coefficient (Wildman–Crippen LogP) is 17.7. The molecule has 0 bridgehead atoms. The second-order valence-electron chi connectivity index (χ2n) is 17.0. The van der Waals surface area contributed by atoms with Crippen LogP contribution in [0.15, 0.2) is 85.1 Å². The van der Waals surface area contributed by atoms with E-state index in [9.17, 15) is 9.59 Å². The Bertz CT molecular complexity index is 1160. The summed E-state index contributed by atoms with van der Waals surface area (Å²) in [5.41, 5.74) is 0. The maximum atomic E-state index is 12.6. The molecule has 0 aliphatic carbocycles. The Morgan fingerprint density at radius 1 is 0.355 bits per heavy atom. The van der Waals surface area contributed by atoms with E-state index in [1.165, 1.54) is 116 Å². The van der Waals surface area contributed by atoms with Gasteiger partial charge in [-0.15, -0.1) is 0 Å². The van der Waals surface area contributed by atoms with Gasteiger partial charge in [0.25, 0.3) is 0 Å². The molecule has 0 aliphatic rings. The molecule has 0 heterocycles. The summed E-state index contributed by atoms with van der Waals surface area (Å²) in [6.45, 7) is 7.51. The van der Waals surface area contributed by atoms with E-state index in [4.69, 9.17) is 14.2 Å². The second kappa shape index (κ2) is 52.4. The van der Waals surface area contributed by atoms with E-state index in [-0.39, 0.29) is 25.2 Å². The minimum atomic E-state index is -0.434. The molecule has 0 saturated carbocycles. The Morgan fingerprint density at radius 3 is 1.03 bits per heavy atom. The van der Waals surface area contributed by atoms with Gasteiger partial charge in [-0.05, 0) is 96.3 Å². The average molecular weight is 863 g/mol. The number of hydrogen-bond donors (Lipinski definition) is 0. The summed E-state index contributed by atoms with van der Waals surface area (Å²) in [5.74, 6) is -0.423. The van der Waals surface area contributed by atoms with Gasteiger partial charge in [0.1, 0.15) is 19.3 Å². The Hall–Kier alpha value is -2.92. The molecule has 5 nitrogen and oxygen atoms in total. The van der Waals surface area contributed by atoms with E-state index in [1.54, 1.807) is 0 Å². The van der Waals surface area contributed by atoms with E-state index >= 15 is 0 Å². The molecule has 0 radical (unpaired) electrons. The zero-order chi connectivity index (χ0) is 44.9. The fraction of sp³-hybridized carbons (Fsp3) is 0.719. The second-order valence-corrected chi connectivity index (χ2v) is 17.0. The van der Waals surface area contributed by atoms with Crippen LogP contribution >= 0.6 is 0 Å². The van der Waals surface area contributed by atoms with Crippen LogP contribution < -0.4 is 0 Å². The van der Waals surface area contributed by atoms with Crippen LogP contribution in [-0.2, 0) is 23.8 Å². The van der Waals surface area contributed by atoms with E-state index in [1.807, 2.05) is 0 Å². The third-order valence-electron chi connectivity index (χ3n) is 11.0. The quantitative estimate of drug-likeness (QED) is 0.0346. The summed E-state index contributed by atoms with van der Waals surface area (Å²) in [6.07, 6.45) is 69.0. The van der Waals surface area contributed by atoms with Gasteiger partial charge in [0, 0.05) is 19.4 Å². The van der Waals surface area contributed by atoms with Crippen molar-refractivity contribution in [1.29, 1.82) is 0 Å². The topological polar surface area (TPSA) is 61.8 Å². The third kappa shape index (κ3) is 49.7. The van der Waals surface area contributed by atoms with Gasteiger partial charge < -0.3 is 14.2 Å². The van der Waals surface area contributed by atoms with Gasteiger partial charge >= 0.3 is 11.9 Å². The standard InChI is InChI=1S/C57H98O5/c1-4-7-10-13-16-19-22-25-28-31-34-37-40-43-46-49-52-60-55(53-61-56(58)50-47-44-41-38-35-32-29-26-23-20-17-14-11-8-5-2)54-62-57(59)51-48-45-42-39-36-33-30-27-24-21-18-15-12-9-6-3/h8,11,17-18,20-21,26-27,29-30,35-36,38-39,55H,4-7,9-10,12-16,19,22-25,28,31-34,37,40-54H2,1-3H3/b11-8-,20-17-,21-18-,29-26-,30-27-,38-35-,39-36-/t55-/m1/s1. The van der Waals surface area contributed by atoms with E-state index < -0.39 is 6.10 Å². The molecule has 0 amide bonds. The smallest absolute Gasteiger partial charge is 0.305 e. The van der Waals surface area contributed by atoms with Crippen molar-refractivity contribution in [1.82, 2.24) is 0 Å². The molecule has 0 aromatic carbocycles. The van der Waals surface area contributed by atoms with Crippen LogP contribution in [0.1, 0.15) is 239 Å². The van der Waals surface area contributed by atoms with Crippen molar-refractivity contribution < 1.29 is 23.8 Å². The van der Waals surface area contributed by atoms with Gasteiger partial charge in [0.15, 0.2) is 0 Å². The van der Waals surface area contributed by atoms with Crippen LogP contribution in [0, 0.1) is 0 Å². The third-order valence-corrected chi connectivity index (χ3v) is 11.0. The van der Waals surface area contributed by atoms with Gasteiger partial charge in [0.2, 0.25) is 0 Å². The first-order valence-corrected chi connectivity index (χ1v) is 26.1. The number of hydrogen-bond acceptors (Lipinski definition) is 5. The van der Waals surface area contributed by atoms with Crippen LogP contribution in [-0.4, -0.2) is 37.9 Å². The average Bonchev–Trinajstić information content (AvgIpc) is 3.28. The number of allylic oxidation sites excluding steroid dienone is 14. The van der Waals surface area contributed by atoms with Crippen molar-refractivity contribution in [2.75, 3.05) is 19.8 Å². The molecule has 0 saturated heterocycles. The summed E-state index contributed by atoms with van der Waals surface area (Å²) < 4.78 is 17.4. The first kappa shape index (κ1) is 59.1. The molecule has 0 aromatic rings. The van der Waals surface area contributed by atoms with Crippen molar-refractivity contribution in [3.8, 4) is 0 Å². The molecule has 62 heavy (non-hydrogen) atoms. The lowest BCUT2D eigenvalue weighted by Gasteiger charge is -2.18. The number of ether oxygens (including phenoxy) is 3. The molecule has 356 valence electrons. The number of carbonyl (C=O) groups is 2. The Balaban J connectivity index is 4.38. The number of rotatable bonds is 47. The molecule has 0 aromatic heterocycles. The zero-order valence-corrected chi connectivity index (χ0v) is 40.9. The summed E-state index contributed by atoms with van der Waals surface area (Å²) in [6, 6.07) is 0. The fourth-order valence-electron chi connectivity index (χ4n) is 7.01. The molecule has 0 spiro atoms.